The summed E-state index contributed by atoms with van der Waals surface area (Å²) in [5.41, 5.74) is 0.968. The minimum absolute atomic E-state index is 0.318. The lowest BCUT2D eigenvalue weighted by molar-refractivity contribution is 0.383. The van der Waals surface area contributed by atoms with E-state index in [0.717, 1.165) is 16.0 Å². The van der Waals surface area contributed by atoms with Gasteiger partial charge in [0.15, 0.2) is 5.82 Å². The summed E-state index contributed by atoms with van der Waals surface area (Å²) >= 11 is 3.33. The summed E-state index contributed by atoms with van der Waals surface area (Å²) in [6, 6.07) is 8.69. The van der Waals surface area contributed by atoms with E-state index in [1.807, 2.05) is 25.1 Å². The number of anilines is 2. The van der Waals surface area contributed by atoms with E-state index in [1.54, 1.807) is 30.5 Å². The van der Waals surface area contributed by atoms with Gasteiger partial charge in [-0.2, -0.15) is 9.40 Å². The molecule has 1 saturated heterocycles. The van der Waals surface area contributed by atoms with E-state index in [9.17, 15) is 8.42 Å². The van der Waals surface area contributed by atoms with Crippen LogP contribution in [0.4, 0.5) is 11.5 Å². The first kappa shape index (κ1) is 18.1. The summed E-state index contributed by atoms with van der Waals surface area (Å²) in [6.07, 6.45) is 1.71. The lowest BCUT2D eigenvalue weighted by Crippen LogP contribution is -2.49. The molecule has 7 nitrogen and oxygen atoms in total. The molecule has 1 aliphatic heterocycles. The Kier molecular flexibility index (Phi) is 5.26. The summed E-state index contributed by atoms with van der Waals surface area (Å²) in [7, 11) is 0.431. The van der Waals surface area contributed by atoms with E-state index >= 15 is 0 Å². The van der Waals surface area contributed by atoms with Crippen molar-refractivity contribution in [2.24, 2.45) is 0 Å². The molecular weight excluding hydrogens is 406 g/mol. The monoisotopic (exact) mass is 425 g/mol. The number of benzene rings is 1. The molecule has 1 fully saturated rings. The maximum Gasteiger partial charge on any atom is 0.243 e. The van der Waals surface area contributed by atoms with Crippen LogP contribution < -0.4 is 9.80 Å². The van der Waals surface area contributed by atoms with Crippen molar-refractivity contribution in [1.29, 1.82) is 0 Å². The summed E-state index contributed by atoms with van der Waals surface area (Å²) in [5.74, 6) is 0.770. The first-order valence-corrected chi connectivity index (χ1v) is 10.1. The van der Waals surface area contributed by atoms with Gasteiger partial charge in [-0.3, -0.25) is 0 Å². The number of hydrogen-bond donors (Lipinski definition) is 0. The van der Waals surface area contributed by atoms with Gasteiger partial charge in [0, 0.05) is 50.8 Å². The molecule has 0 spiro atoms. The van der Waals surface area contributed by atoms with Gasteiger partial charge in [0.25, 0.3) is 0 Å². The van der Waals surface area contributed by atoms with Gasteiger partial charge in [0.2, 0.25) is 10.0 Å². The standard InChI is InChI=1S/C16H20BrN5O2S/c1-20(2)14-11-16(19-18-12-14)21-7-9-22(10-8-21)25(23,24)15-5-3-13(17)4-6-15/h3-6,11-12H,7-10H2,1-2H3. The predicted octanol–water partition coefficient (Wildman–Crippen LogP) is 1.82. The minimum Gasteiger partial charge on any atom is -0.376 e. The van der Waals surface area contributed by atoms with Gasteiger partial charge < -0.3 is 9.80 Å². The third kappa shape index (κ3) is 3.94. The zero-order valence-corrected chi connectivity index (χ0v) is 16.5. The largest absolute Gasteiger partial charge is 0.376 e. The van der Waals surface area contributed by atoms with Gasteiger partial charge in [-0.25, -0.2) is 8.42 Å². The highest BCUT2D eigenvalue weighted by Gasteiger charge is 2.29. The first-order valence-electron chi connectivity index (χ1n) is 7.88. The van der Waals surface area contributed by atoms with Crippen LogP contribution >= 0.6 is 15.9 Å². The van der Waals surface area contributed by atoms with Crippen molar-refractivity contribution in [1.82, 2.24) is 14.5 Å². The Morgan fingerprint density at radius 1 is 1.08 bits per heavy atom. The second-order valence-electron chi connectivity index (χ2n) is 6.01. The normalized spacial score (nSPS) is 16.0. The fourth-order valence-corrected chi connectivity index (χ4v) is 4.34. The van der Waals surface area contributed by atoms with Gasteiger partial charge in [-0.05, 0) is 24.3 Å². The van der Waals surface area contributed by atoms with E-state index in [2.05, 4.69) is 31.0 Å². The molecule has 0 aliphatic carbocycles. The number of nitrogens with zero attached hydrogens (tertiary/aromatic N) is 5. The topological polar surface area (TPSA) is 69.6 Å². The number of aromatic nitrogens is 2. The lowest BCUT2D eigenvalue weighted by atomic mass is 10.3. The van der Waals surface area contributed by atoms with Crippen LogP contribution in [-0.2, 0) is 10.0 Å². The Morgan fingerprint density at radius 2 is 1.72 bits per heavy atom. The van der Waals surface area contributed by atoms with Crippen LogP contribution in [0, 0.1) is 0 Å². The van der Waals surface area contributed by atoms with Gasteiger partial charge in [-0.15, -0.1) is 5.10 Å². The van der Waals surface area contributed by atoms with Gasteiger partial charge in [0.1, 0.15) is 0 Å². The predicted molar refractivity (Wildman–Crippen MR) is 101 cm³/mol. The van der Waals surface area contributed by atoms with Crippen LogP contribution in [0.3, 0.4) is 0 Å². The van der Waals surface area contributed by atoms with Crippen molar-refractivity contribution in [3.8, 4) is 0 Å². The maximum absolute atomic E-state index is 12.7. The molecule has 0 radical (unpaired) electrons. The SMILES string of the molecule is CN(C)c1cnnc(N2CCN(S(=O)(=O)c3ccc(Br)cc3)CC2)c1. The number of hydrogen-bond acceptors (Lipinski definition) is 6. The minimum atomic E-state index is -3.46. The van der Waals surface area contributed by atoms with E-state index in [4.69, 9.17) is 0 Å². The lowest BCUT2D eigenvalue weighted by Gasteiger charge is -2.34. The fraction of sp³-hybridized carbons (Fsp3) is 0.375. The Bertz CT molecular complexity index is 834. The highest BCUT2D eigenvalue weighted by Crippen LogP contribution is 2.22. The fourth-order valence-electron chi connectivity index (χ4n) is 2.66. The number of rotatable bonds is 4. The van der Waals surface area contributed by atoms with Crippen LogP contribution in [0.2, 0.25) is 0 Å². The van der Waals surface area contributed by atoms with Crippen LogP contribution in [-0.4, -0.2) is 63.2 Å². The van der Waals surface area contributed by atoms with E-state index in [0.29, 0.717) is 31.1 Å². The Morgan fingerprint density at radius 3 is 2.32 bits per heavy atom. The van der Waals surface area contributed by atoms with Crippen LogP contribution in [0.25, 0.3) is 0 Å². The smallest absolute Gasteiger partial charge is 0.243 e. The van der Waals surface area contributed by atoms with E-state index in [1.165, 1.54) is 4.31 Å². The van der Waals surface area contributed by atoms with Crippen molar-refractivity contribution in [2.75, 3.05) is 50.1 Å². The molecule has 0 bridgehead atoms. The molecule has 0 unspecified atom stereocenters. The van der Waals surface area contributed by atoms with Gasteiger partial charge in [-0.1, -0.05) is 15.9 Å². The molecule has 3 rings (SSSR count). The first-order chi connectivity index (χ1) is 11.9. The molecule has 0 amide bonds. The van der Waals surface area contributed by atoms with Crippen molar-refractivity contribution < 1.29 is 8.42 Å². The zero-order valence-electron chi connectivity index (χ0n) is 14.1. The van der Waals surface area contributed by atoms with Crippen molar-refractivity contribution in [3.05, 3.63) is 41.0 Å². The maximum atomic E-state index is 12.7. The third-order valence-corrected chi connectivity index (χ3v) is 6.60. The van der Waals surface area contributed by atoms with Crippen molar-refractivity contribution in [2.45, 2.75) is 4.90 Å². The highest BCUT2D eigenvalue weighted by atomic mass is 79.9. The van der Waals surface area contributed by atoms with Crippen molar-refractivity contribution in [3.63, 3.8) is 0 Å². The molecule has 1 aromatic carbocycles. The average Bonchev–Trinajstić information content (AvgIpc) is 2.62. The summed E-state index contributed by atoms with van der Waals surface area (Å²) in [5, 5.41) is 8.21. The number of piperazine rings is 1. The second kappa shape index (κ2) is 7.27. The van der Waals surface area contributed by atoms with Crippen molar-refractivity contribution >= 4 is 37.5 Å². The second-order valence-corrected chi connectivity index (χ2v) is 8.87. The summed E-state index contributed by atoms with van der Waals surface area (Å²) in [6.45, 7) is 2.02. The molecule has 1 aliphatic rings. The van der Waals surface area contributed by atoms with Gasteiger partial charge >= 0.3 is 0 Å². The highest BCUT2D eigenvalue weighted by molar-refractivity contribution is 9.10. The Hall–Kier alpha value is -1.71. The third-order valence-electron chi connectivity index (χ3n) is 4.16. The zero-order chi connectivity index (χ0) is 18.0. The van der Waals surface area contributed by atoms with Gasteiger partial charge in [0.05, 0.1) is 16.8 Å². The molecule has 134 valence electrons. The molecule has 0 atom stereocenters. The molecule has 9 heteroatoms. The molecule has 0 N–H and O–H groups in total. The summed E-state index contributed by atoms with van der Waals surface area (Å²) in [4.78, 5) is 4.35. The van der Waals surface area contributed by atoms with Crippen LogP contribution in [0.1, 0.15) is 0 Å². The quantitative estimate of drug-likeness (QED) is 0.743. The number of sulfonamides is 1. The summed E-state index contributed by atoms with van der Waals surface area (Å²) < 4.78 is 27.9. The van der Waals surface area contributed by atoms with Crippen LogP contribution in [0.5, 0.6) is 0 Å². The van der Waals surface area contributed by atoms with E-state index in [-0.39, 0.29) is 0 Å². The molecule has 2 heterocycles. The molecular formula is C16H20BrN5O2S. The molecule has 1 aromatic heterocycles. The van der Waals surface area contributed by atoms with E-state index < -0.39 is 10.0 Å². The van der Waals surface area contributed by atoms with Crippen LogP contribution in [0.15, 0.2) is 45.9 Å². The molecule has 0 saturated carbocycles. The molecule has 25 heavy (non-hydrogen) atoms. The molecule has 2 aromatic rings. The Balaban J connectivity index is 1.71. The number of halogens is 1. The Labute approximate surface area is 156 Å². The average molecular weight is 426 g/mol.